The van der Waals surface area contributed by atoms with Crippen molar-refractivity contribution in [1.82, 2.24) is 20.4 Å². The van der Waals surface area contributed by atoms with Gasteiger partial charge in [0, 0.05) is 45.6 Å². The SMILES string of the molecule is CCNC(=NCCCOC)NC(C)Cc1c(C)nn(C)c1C.I. The lowest BCUT2D eigenvalue weighted by molar-refractivity contribution is 0.197. The highest BCUT2D eigenvalue weighted by Gasteiger charge is 2.13. The van der Waals surface area contributed by atoms with Gasteiger partial charge >= 0.3 is 0 Å². The summed E-state index contributed by atoms with van der Waals surface area (Å²) in [6.45, 7) is 10.8. The molecule has 1 aromatic heterocycles. The first-order valence-corrected chi connectivity index (χ1v) is 8.02. The highest BCUT2D eigenvalue weighted by Crippen LogP contribution is 2.14. The van der Waals surface area contributed by atoms with Gasteiger partial charge in [0.1, 0.15) is 0 Å². The maximum absolute atomic E-state index is 5.05. The van der Waals surface area contributed by atoms with Crippen LogP contribution in [0.25, 0.3) is 0 Å². The van der Waals surface area contributed by atoms with Gasteiger partial charge in [0.15, 0.2) is 5.96 Å². The van der Waals surface area contributed by atoms with Crippen molar-refractivity contribution in [3.8, 4) is 0 Å². The number of guanidine groups is 1. The first-order valence-electron chi connectivity index (χ1n) is 8.02. The maximum Gasteiger partial charge on any atom is 0.191 e. The van der Waals surface area contributed by atoms with Crippen molar-refractivity contribution in [2.45, 2.75) is 46.6 Å². The predicted octanol–water partition coefficient (Wildman–Crippen LogP) is 2.18. The van der Waals surface area contributed by atoms with Gasteiger partial charge in [-0.2, -0.15) is 5.10 Å². The third kappa shape index (κ3) is 7.52. The molecule has 0 saturated heterocycles. The van der Waals surface area contributed by atoms with Crippen LogP contribution >= 0.6 is 24.0 Å². The molecule has 0 saturated carbocycles. The van der Waals surface area contributed by atoms with Gasteiger partial charge in [-0.05, 0) is 46.1 Å². The molecule has 2 N–H and O–H groups in total. The van der Waals surface area contributed by atoms with E-state index in [9.17, 15) is 0 Å². The predicted molar refractivity (Wildman–Crippen MR) is 107 cm³/mol. The molecule has 1 unspecified atom stereocenters. The van der Waals surface area contributed by atoms with Gasteiger partial charge in [0.25, 0.3) is 0 Å². The van der Waals surface area contributed by atoms with Crippen LogP contribution in [0.1, 0.15) is 37.2 Å². The first kappa shape index (κ1) is 22.2. The number of aromatic nitrogens is 2. The van der Waals surface area contributed by atoms with E-state index in [2.05, 4.69) is 48.4 Å². The number of halogens is 1. The Balaban J connectivity index is 0.00000484. The molecule has 0 spiro atoms. The second-order valence-electron chi connectivity index (χ2n) is 5.63. The third-order valence-corrected chi connectivity index (χ3v) is 3.67. The Morgan fingerprint density at radius 1 is 1.39 bits per heavy atom. The van der Waals surface area contributed by atoms with E-state index in [0.717, 1.165) is 44.2 Å². The van der Waals surface area contributed by atoms with Crippen LogP contribution in [0.4, 0.5) is 0 Å². The molecule has 0 fully saturated rings. The number of hydrogen-bond acceptors (Lipinski definition) is 3. The summed E-state index contributed by atoms with van der Waals surface area (Å²) in [6.07, 6.45) is 1.87. The number of nitrogens with zero attached hydrogens (tertiary/aromatic N) is 3. The number of nitrogens with one attached hydrogen (secondary N) is 2. The van der Waals surface area contributed by atoms with Crippen LogP contribution in [-0.2, 0) is 18.2 Å². The van der Waals surface area contributed by atoms with Crippen molar-refractivity contribution in [1.29, 1.82) is 0 Å². The van der Waals surface area contributed by atoms with Crippen molar-refractivity contribution in [2.24, 2.45) is 12.0 Å². The number of rotatable bonds is 8. The molecular formula is C16H32IN5O. The van der Waals surface area contributed by atoms with Crippen LogP contribution in [0.3, 0.4) is 0 Å². The molecule has 6 nitrogen and oxygen atoms in total. The normalized spacial score (nSPS) is 12.7. The molecule has 0 aliphatic heterocycles. The third-order valence-electron chi connectivity index (χ3n) is 3.67. The van der Waals surface area contributed by atoms with Gasteiger partial charge < -0.3 is 15.4 Å². The number of aryl methyl sites for hydroxylation is 2. The fourth-order valence-corrected chi connectivity index (χ4v) is 2.42. The molecule has 0 aromatic carbocycles. The Morgan fingerprint density at radius 3 is 2.61 bits per heavy atom. The van der Waals surface area contributed by atoms with E-state index in [1.54, 1.807) is 7.11 Å². The summed E-state index contributed by atoms with van der Waals surface area (Å²) in [6, 6.07) is 0.293. The second kappa shape index (κ2) is 11.7. The van der Waals surface area contributed by atoms with Crippen LogP contribution < -0.4 is 10.6 Å². The van der Waals surface area contributed by atoms with Gasteiger partial charge in [0.05, 0.1) is 5.69 Å². The Labute approximate surface area is 157 Å². The molecule has 0 radical (unpaired) electrons. The quantitative estimate of drug-likeness (QED) is 0.283. The molecule has 0 aliphatic rings. The monoisotopic (exact) mass is 437 g/mol. The molecule has 23 heavy (non-hydrogen) atoms. The summed E-state index contributed by atoms with van der Waals surface area (Å²) < 4.78 is 7.00. The zero-order valence-electron chi connectivity index (χ0n) is 15.3. The zero-order valence-corrected chi connectivity index (χ0v) is 17.6. The molecule has 0 amide bonds. The van der Waals surface area contributed by atoms with E-state index in [4.69, 9.17) is 4.74 Å². The molecule has 1 rings (SSSR count). The summed E-state index contributed by atoms with van der Waals surface area (Å²) in [4.78, 5) is 4.58. The summed E-state index contributed by atoms with van der Waals surface area (Å²) in [5.74, 6) is 0.866. The molecule has 7 heteroatoms. The molecule has 134 valence electrons. The molecule has 1 heterocycles. The lowest BCUT2D eigenvalue weighted by atomic mass is 10.1. The van der Waals surface area contributed by atoms with Gasteiger partial charge in [0.2, 0.25) is 0 Å². The average molecular weight is 437 g/mol. The standard InChI is InChI=1S/C16H31N5O.HI/c1-7-17-16(18-9-8-10-22-6)19-12(2)11-15-13(3)20-21(5)14(15)4;/h12H,7-11H2,1-6H3,(H2,17,18,19);1H. The molecule has 1 aromatic rings. The number of methoxy groups -OCH3 is 1. The van der Waals surface area contributed by atoms with E-state index in [0.29, 0.717) is 6.04 Å². The Morgan fingerprint density at radius 2 is 2.09 bits per heavy atom. The fourth-order valence-electron chi connectivity index (χ4n) is 2.42. The number of hydrogen-bond donors (Lipinski definition) is 2. The zero-order chi connectivity index (χ0) is 16.5. The van der Waals surface area contributed by atoms with E-state index in [1.165, 1.54) is 11.3 Å². The Hall–Kier alpha value is -0.830. The van der Waals surface area contributed by atoms with E-state index >= 15 is 0 Å². The van der Waals surface area contributed by atoms with E-state index in [1.807, 2.05) is 11.7 Å². The average Bonchev–Trinajstić information content (AvgIpc) is 2.70. The summed E-state index contributed by atoms with van der Waals surface area (Å²) in [7, 11) is 3.71. The van der Waals surface area contributed by atoms with Crippen LogP contribution in [0.15, 0.2) is 4.99 Å². The first-order chi connectivity index (χ1) is 10.5. The van der Waals surface area contributed by atoms with Crippen molar-refractivity contribution < 1.29 is 4.74 Å². The number of aliphatic imine (C=N–C) groups is 1. The largest absolute Gasteiger partial charge is 0.385 e. The smallest absolute Gasteiger partial charge is 0.191 e. The lowest BCUT2D eigenvalue weighted by Crippen LogP contribution is -2.43. The summed E-state index contributed by atoms with van der Waals surface area (Å²) in [5.41, 5.74) is 3.65. The minimum absolute atomic E-state index is 0. The van der Waals surface area contributed by atoms with Crippen LogP contribution in [0, 0.1) is 13.8 Å². The molecule has 1 atom stereocenters. The molecule has 0 aliphatic carbocycles. The van der Waals surface area contributed by atoms with E-state index in [-0.39, 0.29) is 24.0 Å². The highest BCUT2D eigenvalue weighted by atomic mass is 127. The highest BCUT2D eigenvalue weighted by molar-refractivity contribution is 14.0. The van der Waals surface area contributed by atoms with Crippen LogP contribution in [0.5, 0.6) is 0 Å². The Kier molecular flexibility index (Phi) is 11.2. The van der Waals surface area contributed by atoms with Crippen LogP contribution in [0.2, 0.25) is 0 Å². The topological polar surface area (TPSA) is 63.5 Å². The Bertz CT molecular complexity index is 487. The fraction of sp³-hybridized carbons (Fsp3) is 0.750. The maximum atomic E-state index is 5.05. The lowest BCUT2D eigenvalue weighted by Gasteiger charge is -2.18. The van der Waals surface area contributed by atoms with Gasteiger partial charge in [-0.3, -0.25) is 9.67 Å². The van der Waals surface area contributed by atoms with Gasteiger partial charge in [-0.1, -0.05) is 0 Å². The summed E-state index contributed by atoms with van der Waals surface area (Å²) in [5, 5.41) is 11.2. The minimum Gasteiger partial charge on any atom is -0.385 e. The van der Waals surface area contributed by atoms with Crippen LogP contribution in [-0.4, -0.2) is 48.6 Å². The second-order valence-corrected chi connectivity index (χ2v) is 5.63. The van der Waals surface area contributed by atoms with Crippen molar-refractivity contribution in [3.63, 3.8) is 0 Å². The number of ether oxygens (including phenoxy) is 1. The minimum atomic E-state index is 0. The van der Waals surface area contributed by atoms with Crippen molar-refractivity contribution in [3.05, 3.63) is 17.0 Å². The van der Waals surface area contributed by atoms with Crippen molar-refractivity contribution in [2.75, 3.05) is 26.8 Å². The summed E-state index contributed by atoms with van der Waals surface area (Å²) >= 11 is 0. The molecule has 0 bridgehead atoms. The molecular weight excluding hydrogens is 405 g/mol. The van der Waals surface area contributed by atoms with E-state index < -0.39 is 0 Å². The van der Waals surface area contributed by atoms with Crippen molar-refractivity contribution >= 4 is 29.9 Å². The van der Waals surface area contributed by atoms with Gasteiger partial charge in [-0.15, -0.1) is 24.0 Å². The van der Waals surface area contributed by atoms with Gasteiger partial charge in [-0.25, -0.2) is 0 Å².